The molecule has 0 saturated heterocycles. The van der Waals surface area contributed by atoms with Gasteiger partial charge in [-0.15, -0.1) is 0 Å². The Balaban J connectivity index is 2.19. The molecule has 94 valence electrons. The highest BCUT2D eigenvalue weighted by Gasteiger charge is 2.22. The Labute approximate surface area is 104 Å². The lowest BCUT2D eigenvalue weighted by atomic mass is 10.1. The van der Waals surface area contributed by atoms with Gasteiger partial charge in [0.15, 0.2) is 11.5 Å². The number of aromatic amines is 1. The summed E-state index contributed by atoms with van der Waals surface area (Å²) in [4.78, 5) is 0. The van der Waals surface area contributed by atoms with Crippen LogP contribution >= 0.6 is 0 Å². The van der Waals surface area contributed by atoms with Crippen LogP contribution in [0, 0.1) is 0 Å². The van der Waals surface area contributed by atoms with Gasteiger partial charge in [-0.3, -0.25) is 5.10 Å². The molecule has 3 rings (SSSR count). The molecule has 1 aliphatic heterocycles. The Morgan fingerprint density at radius 2 is 2.11 bits per heavy atom. The SMILES string of the molecule is COc1c(-c2cn[nH]c2N)ccc2c1OCCO2. The summed E-state index contributed by atoms with van der Waals surface area (Å²) in [7, 11) is 1.59. The van der Waals surface area contributed by atoms with Crippen LogP contribution in [-0.4, -0.2) is 30.5 Å². The highest BCUT2D eigenvalue weighted by atomic mass is 16.6. The lowest BCUT2D eigenvalue weighted by Crippen LogP contribution is -2.16. The van der Waals surface area contributed by atoms with Gasteiger partial charge >= 0.3 is 0 Å². The van der Waals surface area contributed by atoms with E-state index in [0.29, 0.717) is 36.3 Å². The van der Waals surface area contributed by atoms with Gasteiger partial charge in [-0.1, -0.05) is 0 Å². The molecule has 0 radical (unpaired) electrons. The second-order valence-corrected chi connectivity index (χ2v) is 3.87. The van der Waals surface area contributed by atoms with E-state index >= 15 is 0 Å². The fourth-order valence-corrected chi connectivity index (χ4v) is 2.02. The van der Waals surface area contributed by atoms with Crippen LogP contribution in [0.25, 0.3) is 11.1 Å². The van der Waals surface area contributed by atoms with Crippen molar-refractivity contribution in [3.63, 3.8) is 0 Å². The van der Waals surface area contributed by atoms with Crippen molar-refractivity contribution in [3.8, 4) is 28.4 Å². The summed E-state index contributed by atoms with van der Waals surface area (Å²) >= 11 is 0. The van der Waals surface area contributed by atoms with E-state index in [9.17, 15) is 0 Å². The maximum absolute atomic E-state index is 5.83. The molecule has 1 aromatic heterocycles. The van der Waals surface area contributed by atoms with Crippen LogP contribution in [0.4, 0.5) is 5.82 Å². The number of aromatic nitrogens is 2. The molecule has 0 saturated carbocycles. The molecule has 3 N–H and O–H groups in total. The van der Waals surface area contributed by atoms with Crippen molar-refractivity contribution >= 4 is 5.82 Å². The van der Waals surface area contributed by atoms with E-state index in [-0.39, 0.29) is 0 Å². The molecule has 0 atom stereocenters. The van der Waals surface area contributed by atoms with E-state index in [1.165, 1.54) is 0 Å². The van der Waals surface area contributed by atoms with Gasteiger partial charge in [0, 0.05) is 11.1 Å². The third-order valence-corrected chi connectivity index (χ3v) is 2.83. The highest BCUT2D eigenvalue weighted by molar-refractivity contribution is 5.81. The van der Waals surface area contributed by atoms with Crippen LogP contribution in [0.2, 0.25) is 0 Å². The summed E-state index contributed by atoms with van der Waals surface area (Å²) < 4.78 is 16.5. The predicted molar refractivity (Wildman–Crippen MR) is 66.0 cm³/mol. The Kier molecular flexibility index (Phi) is 2.47. The summed E-state index contributed by atoms with van der Waals surface area (Å²) in [5.41, 5.74) is 7.43. The van der Waals surface area contributed by atoms with Gasteiger partial charge in [-0.05, 0) is 12.1 Å². The molecular weight excluding hydrogens is 234 g/mol. The zero-order valence-electron chi connectivity index (χ0n) is 9.90. The van der Waals surface area contributed by atoms with Crippen LogP contribution in [0.1, 0.15) is 0 Å². The van der Waals surface area contributed by atoms with Gasteiger partial charge in [-0.2, -0.15) is 5.10 Å². The molecule has 0 spiro atoms. The maximum Gasteiger partial charge on any atom is 0.204 e. The Bertz CT molecular complexity index is 580. The Morgan fingerprint density at radius 3 is 2.83 bits per heavy atom. The Hall–Kier alpha value is -2.37. The first kappa shape index (κ1) is 10.8. The first-order valence-corrected chi connectivity index (χ1v) is 5.57. The van der Waals surface area contributed by atoms with Crippen LogP contribution in [0.5, 0.6) is 17.2 Å². The first-order valence-electron chi connectivity index (χ1n) is 5.57. The average molecular weight is 247 g/mol. The molecule has 0 bridgehead atoms. The van der Waals surface area contributed by atoms with Crippen LogP contribution in [0.3, 0.4) is 0 Å². The van der Waals surface area contributed by atoms with Crippen molar-refractivity contribution in [2.75, 3.05) is 26.1 Å². The van der Waals surface area contributed by atoms with Gasteiger partial charge in [-0.25, -0.2) is 0 Å². The van der Waals surface area contributed by atoms with Gasteiger partial charge in [0.25, 0.3) is 0 Å². The summed E-state index contributed by atoms with van der Waals surface area (Å²) in [6, 6.07) is 3.73. The minimum atomic E-state index is 0.491. The lowest BCUT2D eigenvalue weighted by molar-refractivity contribution is 0.165. The van der Waals surface area contributed by atoms with Gasteiger partial charge in [0.1, 0.15) is 19.0 Å². The monoisotopic (exact) mass is 247 g/mol. The molecule has 0 unspecified atom stereocenters. The summed E-state index contributed by atoms with van der Waals surface area (Å²) in [5, 5.41) is 6.61. The number of nitrogens with zero attached hydrogens (tertiary/aromatic N) is 1. The van der Waals surface area contributed by atoms with Crippen molar-refractivity contribution in [2.24, 2.45) is 0 Å². The molecule has 0 fully saturated rings. The molecule has 1 aliphatic rings. The molecule has 0 aliphatic carbocycles. The number of hydrogen-bond donors (Lipinski definition) is 2. The highest BCUT2D eigenvalue weighted by Crippen LogP contribution is 2.46. The van der Waals surface area contributed by atoms with E-state index in [1.54, 1.807) is 13.3 Å². The zero-order valence-corrected chi connectivity index (χ0v) is 9.90. The smallest absolute Gasteiger partial charge is 0.204 e. The van der Waals surface area contributed by atoms with Crippen molar-refractivity contribution in [1.29, 1.82) is 0 Å². The first-order chi connectivity index (χ1) is 8.81. The minimum Gasteiger partial charge on any atom is -0.492 e. The van der Waals surface area contributed by atoms with Crippen LogP contribution in [-0.2, 0) is 0 Å². The van der Waals surface area contributed by atoms with E-state index in [1.807, 2.05) is 12.1 Å². The molecule has 6 nitrogen and oxygen atoms in total. The summed E-state index contributed by atoms with van der Waals surface area (Å²) in [6.07, 6.45) is 1.66. The molecular formula is C12H13N3O3. The lowest BCUT2D eigenvalue weighted by Gasteiger charge is -2.22. The van der Waals surface area contributed by atoms with E-state index in [2.05, 4.69) is 10.2 Å². The number of nitrogens with one attached hydrogen (secondary N) is 1. The van der Waals surface area contributed by atoms with Crippen molar-refractivity contribution in [3.05, 3.63) is 18.3 Å². The molecule has 2 aromatic rings. The predicted octanol–water partition coefficient (Wildman–Crippen LogP) is 1.44. The topological polar surface area (TPSA) is 82.4 Å². The number of hydrogen-bond acceptors (Lipinski definition) is 5. The summed E-state index contributed by atoms with van der Waals surface area (Å²) in [5.74, 6) is 2.40. The molecule has 2 heterocycles. The number of rotatable bonds is 2. The van der Waals surface area contributed by atoms with Gasteiger partial charge in [0.2, 0.25) is 5.75 Å². The van der Waals surface area contributed by atoms with Crippen LogP contribution in [0.15, 0.2) is 18.3 Å². The maximum atomic E-state index is 5.83. The van der Waals surface area contributed by atoms with Gasteiger partial charge in [0.05, 0.1) is 13.3 Å². The van der Waals surface area contributed by atoms with Gasteiger partial charge < -0.3 is 19.9 Å². The van der Waals surface area contributed by atoms with E-state index < -0.39 is 0 Å². The quantitative estimate of drug-likeness (QED) is 0.839. The van der Waals surface area contributed by atoms with E-state index in [4.69, 9.17) is 19.9 Å². The average Bonchev–Trinajstić information content (AvgIpc) is 2.83. The number of anilines is 1. The fourth-order valence-electron chi connectivity index (χ4n) is 2.02. The molecule has 18 heavy (non-hydrogen) atoms. The fraction of sp³-hybridized carbons (Fsp3) is 0.250. The third kappa shape index (κ3) is 1.54. The standard InChI is InChI=1S/C12H13N3O3/c1-16-10-7(8-6-14-15-12(8)13)2-3-9-11(10)18-5-4-17-9/h2-3,6H,4-5H2,1H3,(H3,13,14,15). The van der Waals surface area contributed by atoms with Crippen LogP contribution < -0.4 is 19.9 Å². The van der Waals surface area contributed by atoms with Crippen molar-refractivity contribution < 1.29 is 14.2 Å². The molecule has 1 aromatic carbocycles. The van der Waals surface area contributed by atoms with Crippen molar-refractivity contribution in [1.82, 2.24) is 10.2 Å². The Morgan fingerprint density at radius 1 is 1.28 bits per heavy atom. The number of nitrogens with two attached hydrogens (primary N) is 1. The number of fused-ring (bicyclic) bond motifs is 1. The second-order valence-electron chi connectivity index (χ2n) is 3.87. The largest absolute Gasteiger partial charge is 0.492 e. The number of H-pyrrole nitrogens is 1. The molecule has 6 heteroatoms. The number of ether oxygens (including phenoxy) is 3. The number of methoxy groups -OCH3 is 1. The second kappa shape index (κ2) is 4.14. The normalized spacial score (nSPS) is 13.4. The number of benzene rings is 1. The third-order valence-electron chi connectivity index (χ3n) is 2.83. The zero-order chi connectivity index (χ0) is 12.5. The molecule has 0 amide bonds. The minimum absolute atomic E-state index is 0.491. The number of nitrogen functional groups attached to an aromatic ring is 1. The van der Waals surface area contributed by atoms with E-state index in [0.717, 1.165) is 11.1 Å². The van der Waals surface area contributed by atoms with Crippen molar-refractivity contribution in [2.45, 2.75) is 0 Å². The summed E-state index contributed by atoms with van der Waals surface area (Å²) in [6.45, 7) is 1.05.